The molecule has 0 bridgehead atoms. The SMILES string of the molecule is O=C(NC1Sc2ccccc2NC1=O)c1cccc(OCc2ccc3ccccc3n2)c1. The fourth-order valence-electron chi connectivity index (χ4n) is 3.42. The molecule has 1 aromatic heterocycles. The summed E-state index contributed by atoms with van der Waals surface area (Å²) in [5.41, 5.74) is 2.88. The number of carbonyl (C=O) groups excluding carboxylic acids is 2. The van der Waals surface area contributed by atoms with Crippen molar-refractivity contribution < 1.29 is 14.3 Å². The lowest BCUT2D eigenvalue weighted by atomic mass is 10.2. The summed E-state index contributed by atoms with van der Waals surface area (Å²) in [6.45, 7) is 0.285. The van der Waals surface area contributed by atoms with Gasteiger partial charge in [0.15, 0.2) is 5.37 Å². The van der Waals surface area contributed by atoms with Crippen LogP contribution in [0.4, 0.5) is 5.69 Å². The molecule has 7 heteroatoms. The first-order chi connectivity index (χ1) is 15.7. The Morgan fingerprint density at radius 2 is 1.84 bits per heavy atom. The lowest BCUT2D eigenvalue weighted by Crippen LogP contribution is -2.43. The van der Waals surface area contributed by atoms with Gasteiger partial charge in [-0.3, -0.25) is 9.59 Å². The molecule has 32 heavy (non-hydrogen) atoms. The average molecular weight is 442 g/mol. The van der Waals surface area contributed by atoms with E-state index >= 15 is 0 Å². The smallest absolute Gasteiger partial charge is 0.257 e. The van der Waals surface area contributed by atoms with Crippen molar-refractivity contribution in [1.82, 2.24) is 10.3 Å². The molecule has 0 radical (unpaired) electrons. The van der Waals surface area contributed by atoms with Gasteiger partial charge >= 0.3 is 0 Å². The van der Waals surface area contributed by atoms with Crippen LogP contribution in [0.2, 0.25) is 0 Å². The van der Waals surface area contributed by atoms with Crippen molar-refractivity contribution >= 4 is 40.2 Å². The van der Waals surface area contributed by atoms with Crippen molar-refractivity contribution in [1.29, 1.82) is 0 Å². The van der Waals surface area contributed by atoms with Crippen molar-refractivity contribution in [3.05, 3.63) is 96.2 Å². The van der Waals surface area contributed by atoms with Crippen LogP contribution in [0.15, 0.2) is 89.8 Å². The Labute approximate surface area is 189 Å². The van der Waals surface area contributed by atoms with Crippen LogP contribution in [0.25, 0.3) is 10.9 Å². The molecule has 0 aliphatic carbocycles. The normalized spacial score (nSPS) is 15.0. The third kappa shape index (κ3) is 4.29. The minimum Gasteiger partial charge on any atom is -0.487 e. The highest BCUT2D eigenvalue weighted by atomic mass is 32.2. The van der Waals surface area contributed by atoms with Crippen LogP contribution in [0.1, 0.15) is 16.1 Å². The van der Waals surface area contributed by atoms with E-state index in [1.165, 1.54) is 11.8 Å². The predicted octanol–water partition coefficient (Wildman–Crippen LogP) is 4.61. The van der Waals surface area contributed by atoms with E-state index in [2.05, 4.69) is 15.6 Å². The van der Waals surface area contributed by atoms with Crippen LogP contribution in [0, 0.1) is 0 Å². The number of ether oxygens (including phenoxy) is 1. The number of nitrogens with zero attached hydrogens (tertiary/aromatic N) is 1. The molecule has 6 nitrogen and oxygen atoms in total. The Bertz CT molecular complexity index is 1320. The molecule has 3 aromatic carbocycles. The Kier molecular flexibility index (Phi) is 5.47. The summed E-state index contributed by atoms with van der Waals surface area (Å²) in [5, 5.41) is 5.98. The molecular formula is C25H19N3O3S. The summed E-state index contributed by atoms with van der Waals surface area (Å²) in [4.78, 5) is 30.7. The summed E-state index contributed by atoms with van der Waals surface area (Å²) in [7, 11) is 0. The molecule has 1 unspecified atom stereocenters. The van der Waals surface area contributed by atoms with E-state index in [9.17, 15) is 9.59 Å². The van der Waals surface area contributed by atoms with E-state index in [0.29, 0.717) is 11.3 Å². The molecule has 0 saturated heterocycles. The van der Waals surface area contributed by atoms with Crippen molar-refractivity contribution in [2.45, 2.75) is 16.9 Å². The number of anilines is 1. The molecule has 4 aromatic rings. The number of para-hydroxylation sites is 2. The average Bonchev–Trinajstić information content (AvgIpc) is 2.83. The van der Waals surface area contributed by atoms with Crippen molar-refractivity contribution in [2.75, 3.05) is 5.32 Å². The first-order valence-electron chi connectivity index (χ1n) is 10.1. The van der Waals surface area contributed by atoms with Gasteiger partial charge in [0.05, 0.1) is 16.9 Å². The fraction of sp³-hybridized carbons (Fsp3) is 0.0800. The number of fused-ring (bicyclic) bond motifs is 2. The molecule has 2 N–H and O–H groups in total. The molecule has 1 atom stereocenters. The zero-order chi connectivity index (χ0) is 21.9. The van der Waals surface area contributed by atoms with Crippen LogP contribution in [0.5, 0.6) is 5.75 Å². The van der Waals surface area contributed by atoms with Crippen molar-refractivity contribution in [3.8, 4) is 5.75 Å². The van der Waals surface area contributed by atoms with Crippen LogP contribution >= 0.6 is 11.8 Å². The summed E-state index contributed by atoms with van der Waals surface area (Å²) >= 11 is 1.32. The Morgan fingerprint density at radius 3 is 2.78 bits per heavy atom. The quantitative estimate of drug-likeness (QED) is 0.473. The predicted molar refractivity (Wildman–Crippen MR) is 125 cm³/mol. The third-order valence-electron chi connectivity index (χ3n) is 5.03. The minimum atomic E-state index is -0.705. The lowest BCUT2D eigenvalue weighted by Gasteiger charge is -2.24. The Hall–Kier alpha value is -3.84. The molecule has 2 heterocycles. The zero-order valence-corrected chi connectivity index (χ0v) is 17.8. The summed E-state index contributed by atoms with van der Waals surface area (Å²) in [6.07, 6.45) is 0. The van der Waals surface area contributed by atoms with E-state index in [1.807, 2.05) is 60.7 Å². The Morgan fingerprint density at radius 1 is 1.00 bits per heavy atom. The second-order valence-corrected chi connectivity index (χ2v) is 8.42. The molecule has 2 amide bonds. The van der Waals surface area contributed by atoms with Gasteiger partial charge in [0, 0.05) is 15.8 Å². The summed E-state index contributed by atoms with van der Waals surface area (Å²) in [6, 6.07) is 26.2. The van der Waals surface area contributed by atoms with Crippen LogP contribution in [-0.2, 0) is 11.4 Å². The first kappa shape index (κ1) is 20.1. The van der Waals surface area contributed by atoms with Gasteiger partial charge in [-0.1, -0.05) is 54.2 Å². The largest absolute Gasteiger partial charge is 0.487 e. The number of nitrogens with one attached hydrogen (secondary N) is 2. The van der Waals surface area contributed by atoms with Gasteiger partial charge in [0.2, 0.25) is 0 Å². The highest BCUT2D eigenvalue weighted by Gasteiger charge is 2.28. The number of thioether (sulfide) groups is 1. The number of carbonyl (C=O) groups is 2. The minimum absolute atomic E-state index is 0.253. The van der Waals surface area contributed by atoms with Crippen LogP contribution in [-0.4, -0.2) is 22.2 Å². The number of amides is 2. The number of benzene rings is 3. The van der Waals surface area contributed by atoms with Gasteiger partial charge in [0.25, 0.3) is 11.8 Å². The van der Waals surface area contributed by atoms with E-state index < -0.39 is 5.37 Å². The maximum Gasteiger partial charge on any atom is 0.257 e. The van der Waals surface area contributed by atoms with Gasteiger partial charge in [-0.2, -0.15) is 0 Å². The maximum absolute atomic E-state index is 12.8. The lowest BCUT2D eigenvalue weighted by molar-refractivity contribution is -0.116. The van der Waals surface area contributed by atoms with Gasteiger partial charge in [-0.25, -0.2) is 4.98 Å². The number of hydrogen-bond donors (Lipinski definition) is 2. The third-order valence-corrected chi connectivity index (χ3v) is 6.21. The van der Waals surface area contributed by atoms with Crippen molar-refractivity contribution in [2.24, 2.45) is 0 Å². The van der Waals surface area contributed by atoms with Gasteiger partial charge in [-0.05, 0) is 42.5 Å². The fourth-order valence-corrected chi connectivity index (χ4v) is 4.41. The standard InChI is InChI=1S/C25H19N3O3S/c29-23(28-25-24(30)27-21-10-3-4-11-22(21)32-25)17-7-5-8-19(14-17)31-15-18-13-12-16-6-1-2-9-20(16)26-18/h1-14,25H,15H2,(H,27,30)(H,28,29). The van der Waals surface area contributed by atoms with E-state index in [-0.39, 0.29) is 18.4 Å². The zero-order valence-electron chi connectivity index (χ0n) is 16.9. The number of pyridine rings is 1. The number of rotatable bonds is 5. The van der Waals surface area contributed by atoms with E-state index in [1.54, 1.807) is 24.3 Å². The topological polar surface area (TPSA) is 80.3 Å². The van der Waals surface area contributed by atoms with Crippen molar-refractivity contribution in [3.63, 3.8) is 0 Å². The van der Waals surface area contributed by atoms with E-state index in [0.717, 1.165) is 27.2 Å². The molecule has 1 aliphatic heterocycles. The molecule has 1 aliphatic rings. The van der Waals surface area contributed by atoms with Crippen LogP contribution < -0.4 is 15.4 Å². The first-order valence-corrected chi connectivity index (χ1v) is 11.0. The summed E-state index contributed by atoms with van der Waals surface area (Å²) in [5.74, 6) is -0.0400. The highest BCUT2D eigenvalue weighted by molar-refractivity contribution is 8.01. The number of aromatic nitrogens is 1. The van der Waals surface area contributed by atoms with Gasteiger partial charge < -0.3 is 15.4 Å². The molecule has 0 spiro atoms. The molecule has 0 saturated carbocycles. The van der Waals surface area contributed by atoms with E-state index in [4.69, 9.17) is 4.74 Å². The van der Waals surface area contributed by atoms with Gasteiger partial charge in [-0.15, -0.1) is 0 Å². The summed E-state index contributed by atoms with van der Waals surface area (Å²) < 4.78 is 5.86. The molecule has 158 valence electrons. The monoisotopic (exact) mass is 441 g/mol. The molecular weight excluding hydrogens is 422 g/mol. The maximum atomic E-state index is 12.8. The highest BCUT2D eigenvalue weighted by Crippen LogP contribution is 2.34. The van der Waals surface area contributed by atoms with Gasteiger partial charge in [0.1, 0.15) is 12.4 Å². The molecule has 0 fully saturated rings. The Balaban J connectivity index is 1.25. The van der Waals surface area contributed by atoms with Crippen LogP contribution in [0.3, 0.4) is 0 Å². The molecule has 5 rings (SSSR count). The number of hydrogen-bond acceptors (Lipinski definition) is 5. The second kappa shape index (κ2) is 8.72. The second-order valence-electron chi connectivity index (χ2n) is 7.27.